The molecule has 0 radical (unpaired) electrons. The quantitative estimate of drug-likeness (QED) is 0.487. The van der Waals surface area contributed by atoms with Crippen LogP contribution in [0.25, 0.3) is 0 Å². The van der Waals surface area contributed by atoms with Crippen molar-refractivity contribution in [3.8, 4) is 0 Å². The van der Waals surface area contributed by atoms with Gasteiger partial charge in [0.05, 0.1) is 30.7 Å². The molecule has 2 saturated heterocycles. The average Bonchev–Trinajstić information content (AvgIpc) is 3.52. The highest BCUT2D eigenvalue weighted by Crippen LogP contribution is 2.54. The highest BCUT2D eigenvalue weighted by Gasteiger charge is 2.69. The number of nitrogens with one attached hydrogen (secondary N) is 1. The summed E-state index contributed by atoms with van der Waals surface area (Å²) in [6.45, 7) is 0. The number of thiophene rings is 1. The number of imide groups is 1. The molecule has 2 aliphatic heterocycles. The third kappa shape index (κ3) is 2.83. The Morgan fingerprint density at radius 2 is 1.75 bits per heavy atom. The van der Waals surface area contributed by atoms with Gasteiger partial charge in [-0.25, -0.2) is 14.1 Å². The van der Waals surface area contributed by atoms with Crippen molar-refractivity contribution in [2.75, 3.05) is 12.0 Å². The normalized spacial score (nSPS) is 26.9. The highest BCUT2D eigenvalue weighted by molar-refractivity contribution is 7.10. The van der Waals surface area contributed by atoms with E-state index in [9.17, 15) is 18.8 Å². The van der Waals surface area contributed by atoms with E-state index in [1.54, 1.807) is 24.3 Å². The molecule has 0 saturated carbocycles. The maximum absolute atomic E-state index is 13.8. The highest BCUT2D eigenvalue weighted by atomic mass is 32.1. The molecule has 0 unspecified atom stereocenters. The van der Waals surface area contributed by atoms with Crippen LogP contribution in [0.2, 0.25) is 0 Å². The second-order valence-electron chi connectivity index (χ2n) is 7.79. The lowest BCUT2D eigenvalue weighted by atomic mass is 9.75. The van der Waals surface area contributed by atoms with Gasteiger partial charge in [-0.1, -0.05) is 36.4 Å². The Morgan fingerprint density at radius 3 is 2.38 bits per heavy atom. The van der Waals surface area contributed by atoms with Crippen molar-refractivity contribution >= 4 is 34.8 Å². The zero-order valence-electron chi connectivity index (χ0n) is 17.0. The van der Waals surface area contributed by atoms with Gasteiger partial charge in [-0.05, 0) is 41.3 Å². The smallest absolute Gasteiger partial charge is 0.331 e. The van der Waals surface area contributed by atoms with Crippen LogP contribution in [0.5, 0.6) is 0 Å². The van der Waals surface area contributed by atoms with Gasteiger partial charge in [0.25, 0.3) is 0 Å². The molecule has 2 aromatic carbocycles. The Kier molecular flexibility index (Phi) is 4.91. The molecule has 5 rings (SSSR count). The Hall–Kier alpha value is -3.36. The maximum Gasteiger partial charge on any atom is 0.331 e. The van der Waals surface area contributed by atoms with Crippen LogP contribution in [0.3, 0.4) is 0 Å². The Balaban J connectivity index is 1.71. The lowest BCUT2D eigenvalue weighted by molar-refractivity contribution is -0.152. The first-order valence-electron chi connectivity index (χ1n) is 10.1. The molecule has 2 amide bonds. The predicted octanol–water partition coefficient (Wildman–Crippen LogP) is 3.41. The zero-order chi connectivity index (χ0) is 22.5. The van der Waals surface area contributed by atoms with E-state index in [1.807, 2.05) is 23.6 Å². The van der Waals surface area contributed by atoms with Gasteiger partial charge in [-0.3, -0.25) is 14.9 Å². The summed E-state index contributed by atoms with van der Waals surface area (Å²) in [5, 5.41) is 5.21. The number of benzene rings is 2. The number of methoxy groups -OCH3 is 1. The fraction of sp³-hybridized carbons (Fsp3) is 0.208. The maximum atomic E-state index is 13.8. The molecule has 162 valence electrons. The van der Waals surface area contributed by atoms with Crippen LogP contribution in [0.4, 0.5) is 10.1 Å². The van der Waals surface area contributed by atoms with Gasteiger partial charge in [0.2, 0.25) is 11.8 Å². The summed E-state index contributed by atoms with van der Waals surface area (Å²) < 4.78 is 18.7. The molecule has 1 aromatic heterocycles. The first-order valence-corrected chi connectivity index (χ1v) is 11.0. The van der Waals surface area contributed by atoms with Crippen LogP contribution >= 0.6 is 11.3 Å². The number of fused-ring (bicyclic) bond motifs is 1. The van der Waals surface area contributed by atoms with Gasteiger partial charge in [0, 0.05) is 4.88 Å². The average molecular weight is 450 g/mol. The monoisotopic (exact) mass is 450 g/mol. The molecular weight excluding hydrogens is 431 g/mol. The topological polar surface area (TPSA) is 75.7 Å². The minimum atomic E-state index is -1.54. The molecule has 0 bridgehead atoms. The minimum Gasteiger partial charge on any atom is -0.467 e. The number of halogens is 1. The number of carbonyl (C=O) groups excluding carboxylic acids is 3. The van der Waals surface area contributed by atoms with Crippen molar-refractivity contribution < 1.29 is 23.5 Å². The lowest BCUT2D eigenvalue weighted by Crippen LogP contribution is -2.53. The van der Waals surface area contributed by atoms with Crippen LogP contribution in [-0.4, -0.2) is 24.9 Å². The van der Waals surface area contributed by atoms with Crippen molar-refractivity contribution in [2.45, 2.75) is 11.6 Å². The van der Waals surface area contributed by atoms with Crippen LogP contribution < -0.4 is 10.2 Å². The van der Waals surface area contributed by atoms with Crippen LogP contribution in [0.1, 0.15) is 16.5 Å². The third-order valence-corrected chi connectivity index (χ3v) is 7.19. The summed E-state index contributed by atoms with van der Waals surface area (Å²) in [5.74, 6) is -3.92. The second-order valence-corrected chi connectivity index (χ2v) is 8.77. The van der Waals surface area contributed by atoms with Gasteiger partial charge in [0.15, 0.2) is 5.54 Å². The number of amides is 2. The number of anilines is 1. The van der Waals surface area contributed by atoms with Crippen molar-refractivity contribution in [3.05, 3.63) is 88.4 Å². The van der Waals surface area contributed by atoms with E-state index in [1.165, 1.54) is 42.7 Å². The van der Waals surface area contributed by atoms with Crippen LogP contribution in [0.15, 0.2) is 72.1 Å². The molecule has 0 spiro atoms. The van der Waals surface area contributed by atoms with Crippen LogP contribution in [-0.2, 0) is 24.7 Å². The predicted molar refractivity (Wildman–Crippen MR) is 116 cm³/mol. The van der Waals surface area contributed by atoms with Crippen molar-refractivity contribution in [1.29, 1.82) is 0 Å². The SMILES string of the molecule is COC(=O)[C@]1(c2ccccc2)N[C@H](c2cccs2)[C@@H]2C(=O)N(c3ccc(F)cc3)C(=O)[C@H]21. The van der Waals surface area contributed by atoms with Gasteiger partial charge in [0.1, 0.15) is 5.82 Å². The fourth-order valence-corrected chi connectivity index (χ4v) is 5.72. The Morgan fingerprint density at radius 1 is 1.03 bits per heavy atom. The van der Waals surface area contributed by atoms with Gasteiger partial charge >= 0.3 is 5.97 Å². The van der Waals surface area contributed by atoms with E-state index < -0.39 is 47.0 Å². The van der Waals surface area contributed by atoms with E-state index in [2.05, 4.69) is 5.32 Å². The first-order chi connectivity index (χ1) is 15.5. The summed E-state index contributed by atoms with van der Waals surface area (Å²) in [7, 11) is 1.27. The number of hydrogen-bond acceptors (Lipinski definition) is 6. The zero-order valence-corrected chi connectivity index (χ0v) is 17.8. The number of rotatable bonds is 4. The summed E-state index contributed by atoms with van der Waals surface area (Å²) in [4.78, 5) is 42.6. The summed E-state index contributed by atoms with van der Waals surface area (Å²) >= 11 is 1.44. The number of hydrogen-bond donors (Lipinski definition) is 1. The number of carbonyl (C=O) groups is 3. The van der Waals surface area contributed by atoms with Crippen molar-refractivity contribution in [2.24, 2.45) is 11.8 Å². The number of ether oxygens (including phenoxy) is 1. The standard InChI is InChI=1S/C24H19FN2O4S/c1-31-23(30)24(14-6-3-2-4-7-14)19-18(20(26-24)17-8-5-13-32-17)21(28)27(22(19)29)16-11-9-15(25)10-12-16/h2-13,18-20,26H,1H3/t18-,19+,20-,24-/m1/s1. The van der Waals surface area contributed by atoms with E-state index in [4.69, 9.17) is 4.74 Å². The summed E-state index contributed by atoms with van der Waals surface area (Å²) in [6.07, 6.45) is 0. The summed E-state index contributed by atoms with van der Waals surface area (Å²) in [6, 6.07) is 17.2. The van der Waals surface area contributed by atoms with E-state index in [0.29, 0.717) is 5.56 Å². The number of nitrogens with zero attached hydrogens (tertiary/aromatic N) is 1. The Bertz CT molecular complexity index is 1180. The summed E-state index contributed by atoms with van der Waals surface area (Å²) in [5.41, 5.74) is -0.729. The van der Waals surface area contributed by atoms with E-state index in [-0.39, 0.29) is 5.69 Å². The fourth-order valence-electron chi connectivity index (χ4n) is 4.90. The molecule has 8 heteroatoms. The third-order valence-electron chi connectivity index (χ3n) is 6.23. The molecule has 0 aliphatic carbocycles. The molecule has 4 atom stereocenters. The molecule has 2 fully saturated rings. The minimum absolute atomic E-state index is 0.271. The van der Waals surface area contributed by atoms with Gasteiger partial charge in [-0.2, -0.15) is 0 Å². The molecule has 3 heterocycles. The van der Waals surface area contributed by atoms with Gasteiger partial charge < -0.3 is 4.74 Å². The van der Waals surface area contributed by atoms with Crippen LogP contribution in [0, 0.1) is 17.7 Å². The molecule has 2 aliphatic rings. The second kappa shape index (κ2) is 7.65. The Labute approximate surface area is 187 Å². The molecule has 32 heavy (non-hydrogen) atoms. The lowest BCUT2D eigenvalue weighted by Gasteiger charge is -2.32. The molecular formula is C24H19FN2O4S. The van der Waals surface area contributed by atoms with E-state index in [0.717, 1.165) is 9.78 Å². The molecule has 6 nitrogen and oxygen atoms in total. The largest absolute Gasteiger partial charge is 0.467 e. The molecule has 3 aromatic rings. The number of esters is 1. The van der Waals surface area contributed by atoms with Gasteiger partial charge in [-0.15, -0.1) is 11.3 Å². The van der Waals surface area contributed by atoms with Crippen molar-refractivity contribution in [3.63, 3.8) is 0 Å². The first kappa shape index (κ1) is 20.5. The molecule has 1 N–H and O–H groups in total. The van der Waals surface area contributed by atoms with E-state index >= 15 is 0 Å². The van der Waals surface area contributed by atoms with Crippen molar-refractivity contribution in [1.82, 2.24) is 5.32 Å².